The van der Waals surface area contributed by atoms with Crippen molar-refractivity contribution >= 4 is 17.8 Å². The summed E-state index contributed by atoms with van der Waals surface area (Å²) in [4.78, 5) is 35.0. The Balaban J connectivity index is 4.64. The highest BCUT2D eigenvalue weighted by Crippen LogP contribution is 2.04. The highest BCUT2D eigenvalue weighted by Gasteiger charge is 2.29. The number of ether oxygens (including phenoxy) is 1. The molecule has 7 nitrogen and oxygen atoms in total. The second kappa shape index (κ2) is 7.65. The quantitative estimate of drug-likeness (QED) is 0.475. The van der Waals surface area contributed by atoms with Crippen LogP contribution in [0, 0.1) is 0 Å². The molecule has 0 radical (unpaired) electrons. The van der Waals surface area contributed by atoms with Crippen LogP contribution < -0.4 is 5.73 Å². The molecule has 104 valence electrons. The first-order valence-electron chi connectivity index (χ1n) is 5.75. The van der Waals surface area contributed by atoms with Gasteiger partial charge in [-0.15, -0.1) is 0 Å². The lowest BCUT2D eigenvalue weighted by Crippen LogP contribution is -2.51. The van der Waals surface area contributed by atoms with E-state index in [9.17, 15) is 14.4 Å². The molecule has 0 aromatic rings. The zero-order valence-electron chi connectivity index (χ0n) is 10.9. The molecule has 0 bridgehead atoms. The Morgan fingerprint density at radius 2 is 1.89 bits per heavy atom. The summed E-state index contributed by atoms with van der Waals surface area (Å²) >= 11 is 0. The van der Waals surface area contributed by atoms with Gasteiger partial charge in [0.2, 0.25) is 0 Å². The molecule has 0 aromatic carbocycles. The van der Waals surface area contributed by atoms with Crippen LogP contribution in [-0.2, 0) is 19.1 Å². The molecule has 0 aliphatic rings. The average molecular weight is 260 g/mol. The lowest BCUT2D eigenvalue weighted by atomic mass is 10.2. The molecule has 0 heterocycles. The Morgan fingerprint density at radius 3 is 2.28 bits per heavy atom. The van der Waals surface area contributed by atoms with E-state index in [1.165, 1.54) is 4.90 Å². The molecule has 1 atom stereocenters. The predicted molar refractivity (Wildman–Crippen MR) is 63.7 cm³/mol. The van der Waals surface area contributed by atoms with Crippen LogP contribution in [-0.4, -0.2) is 53.1 Å². The monoisotopic (exact) mass is 260 g/mol. The number of nitrogens with zero attached hydrogens (tertiary/aromatic N) is 1. The van der Waals surface area contributed by atoms with Gasteiger partial charge < -0.3 is 20.5 Å². The van der Waals surface area contributed by atoms with Gasteiger partial charge in [0.25, 0.3) is 5.91 Å². The molecule has 1 amide bonds. The molecule has 7 heteroatoms. The largest absolute Gasteiger partial charge is 0.481 e. The molecule has 0 saturated heterocycles. The van der Waals surface area contributed by atoms with Crippen LogP contribution in [0.15, 0.2) is 0 Å². The van der Waals surface area contributed by atoms with Crippen LogP contribution in [0.5, 0.6) is 0 Å². The van der Waals surface area contributed by atoms with E-state index in [1.807, 2.05) is 0 Å². The number of carbonyl (C=O) groups is 3. The number of rotatable bonds is 7. The summed E-state index contributed by atoms with van der Waals surface area (Å²) in [5, 5.41) is 8.60. The third-order valence-electron chi connectivity index (χ3n) is 2.28. The van der Waals surface area contributed by atoms with E-state index in [0.717, 1.165) is 0 Å². The van der Waals surface area contributed by atoms with E-state index in [1.54, 1.807) is 20.8 Å². The van der Waals surface area contributed by atoms with E-state index in [-0.39, 0.29) is 25.6 Å². The highest BCUT2D eigenvalue weighted by molar-refractivity contribution is 6.01. The Bertz CT molecular complexity index is 317. The molecule has 18 heavy (non-hydrogen) atoms. The first-order chi connectivity index (χ1) is 8.31. The zero-order valence-corrected chi connectivity index (χ0v) is 10.9. The van der Waals surface area contributed by atoms with E-state index >= 15 is 0 Å². The first-order valence-corrected chi connectivity index (χ1v) is 5.75. The van der Waals surface area contributed by atoms with Gasteiger partial charge in [0.15, 0.2) is 6.04 Å². The third-order valence-corrected chi connectivity index (χ3v) is 2.28. The minimum atomic E-state index is -1.40. The minimum absolute atomic E-state index is 0.0128. The molecule has 0 rings (SSSR count). The van der Waals surface area contributed by atoms with Crippen LogP contribution >= 0.6 is 0 Å². The number of hydrogen-bond acceptors (Lipinski definition) is 5. The maximum atomic E-state index is 11.9. The van der Waals surface area contributed by atoms with E-state index in [4.69, 9.17) is 10.8 Å². The number of esters is 1. The third kappa shape index (κ3) is 5.13. The number of nitrogens with two attached hydrogens (primary N) is 1. The fourth-order valence-electron chi connectivity index (χ4n) is 1.35. The van der Waals surface area contributed by atoms with Gasteiger partial charge in [-0.3, -0.25) is 9.59 Å². The molecular formula is C11H20N2O5. The fraction of sp³-hybridized carbons (Fsp3) is 0.727. The average Bonchev–Trinajstić information content (AvgIpc) is 2.27. The predicted octanol–water partition coefficient (Wildman–Crippen LogP) is -0.411. The SMILES string of the molecule is CCOC(=O)C(N)C(=O)N(CCC(=O)O)C(C)C. The Labute approximate surface area is 106 Å². The number of carboxylic acids is 1. The number of carboxylic acid groups (broad SMARTS) is 1. The summed E-state index contributed by atoms with van der Waals surface area (Å²) in [6.07, 6.45) is -0.195. The van der Waals surface area contributed by atoms with Crippen LogP contribution in [0.3, 0.4) is 0 Å². The fourth-order valence-corrected chi connectivity index (χ4v) is 1.35. The Morgan fingerprint density at radius 1 is 1.33 bits per heavy atom. The van der Waals surface area contributed by atoms with Crippen molar-refractivity contribution in [3.8, 4) is 0 Å². The molecule has 0 fully saturated rings. The molecule has 3 N–H and O–H groups in total. The number of carbonyl (C=O) groups excluding carboxylic acids is 2. The van der Waals surface area contributed by atoms with Gasteiger partial charge in [-0.2, -0.15) is 0 Å². The minimum Gasteiger partial charge on any atom is -0.481 e. The first kappa shape index (κ1) is 16.4. The molecule has 0 aliphatic carbocycles. The van der Waals surface area contributed by atoms with Gasteiger partial charge in [0, 0.05) is 12.6 Å². The van der Waals surface area contributed by atoms with Crippen molar-refractivity contribution in [1.29, 1.82) is 0 Å². The van der Waals surface area contributed by atoms with Crippen molar-refractivity contribution in [3.05, 3.63) is 0 Å². The van der Waals surface area contributed by atoms with Gasteiger partial charge in [-0.25, -0.2) is 4.79 Å². The van der Waals surface area contributed by atoms with Gasteiger partial charge in [-0.05, 0) is 20.8 Å². The summed E-state index contributed by atoms with van der Waals surface area (Å²) in [6, 6.07) is -1.64. The van der Waals surface area contributed by atoms with Gasteiger partial charge >= 0.3 is 11.9 Å². The Hall–Kier alpha value is -1.63. The number of hydrogen-bond donors (Lipinski definition) is 2. The van der Waals surface area contributed by atoms with Crippen molar-refractivity contribution in [1.82, 2.24) is 4.90 Å². The lowest BCUT2D eigenvalue weighted by molar-refractivity contribution is -0.151. The van der Waals surface area contributed by atoms with Gasteiger partial charge in [-0.1, -0.05) is 0 Å². The van der Waals surface area contributed by atoms with Gasteiger partial charge in [0.05, 0.1) is 13.0 Å². The van der Waals surface area contributed by atoms with Crippen molar-refractivity contribution in [3.63, 3.8) is 0 Å². The highest BCUT2D eigenvalue weighted by atomic mass is 16.5. The van der Waals surface area contributed by atoms with Crippen LogP contribution in [0.4, 0.5) is 0 Å². The summed E-state index contributed by atoms with van der Waals surface area (Å²) in [6.45, 7) is 5.20. The van der Waals surface area contributed by atoms with Crippen LogP contribution in [0.25, 0.3) is 0 Å². The molecule has 0 aliphatic heterocycles. The maximum Gasteiger partial charge on any atom is 0.332 e. The number of aliphatic carboxylic acids is 1. The van der Waals surface area contributed by atoms with Crippen LogP contribution in [0.2, 0.25) is 0 Å². The molecule has 1 unspecified atom stereocenters. The smallest absolute Gasteiger partial charge is 0.332 e. The van der Waals surface area contributed by atoms with Gasteiger partial charge in [0.1, 0.15) is 0 Å². The van der Waals surface area contributed by atoms with E-state index < -0.39 is 23.9 Å². The molecule has 0 aromatic heterocycles. The lowest BCUT2D eigenvalue weighted by Gasteiger charge is -2.28. The summed E-state index contributed by atoms with van der Waals surface area (Å²) in [5.74, 6) is -2.44. The van der Waals surface area contributed by atoms with Crippen molar-refractivity contribution in [2.45, 2.75) is 39.3 Å². The van der Waals surface area contributed by atoms with Crippen molar-refractivity contribution in [2.24, 2.45) is 5.73 Å². The second-order valence-electron chi connectivity index (χ2n) is 4.00. The molecule has 0 spiro atoms. The Kier molecular flexibility index (Phi) is 6.96. The second-order valence-corrected chi connectivity index (χ2v) is 4.00. The van der Waals surface area contributed by atoms with Crippen molar-refractivity contribution < 1.29 is 24.2 Å². The summed E-state index contributed by atoms with van der Waals surface area (Å²) < 4.78 is 4.65. The summed E-state index contributed by atoms with van der Waals surface area (Å²) in [5.41, 5.74) is 5.48. The van der Waals surface area contributed by atoms with E-state index in [0.29, 0.717) is 0 Å². The standard InChI is InChI=1S/C11H20N2O5/c1-4-18-11(17)9(12)10(16)13(7(2)3)6-5-8(14)15/h7,9H,4-6,12H2,1-3H3,(H,14,15). The maximum absolute atomic E-state index is 11.9. The zero-order chi connectivity index (χ0) is 14.3. The molecule has 0 saturated carbocycles. The molecular weight excluding hydrogens is 240 g/mol. The van der Waals surface area contributed by atoms with E-state index in [2.05, 4.69) is 4.74 Å². The summed E-state index contributed by atoms with van der Waals surface area (Å²) in [7, 11) is 0. The van der Waals surface area contributed by atoms with Crippen LogP contribution in [0.1, 0.15) is 27.2 Å². The number of amides is 1. The van der Waals surface area contributed by atoms with Crippen molar-refractivity contribution in [2.75, 3.05) is 13.2 Å². The normalized spacial score (nSPS) is 12.1. The topological polar surface area (TPSA) is 110 Å².